The van der Waals surface area contributed by atoms with Crippen LogP contribution in [0.1, 0.15) is 11.7 Å². The third-order valence-corrected chi connectivity index (χ3v) is 2.57. The lowest BCUT2D eigenvalue weighted by Crippen LogP contribution is -2.38. The van der Waals surface area contributed by atoms with Gasteiger partial charge in [-0.05, 0) is 24.7 Å². The van der Waals surface area contributed by atoms with E-state index in [1.165, 1.54) is 12.1 Å². The Balaban J connectivity index is 2.04. The molecule has 4 heteroatoms. The highest BCUT2D eigenvalue weighted by atomic mass is 19.1. The summed E-state index contributed by atoms with van der Waals surface area (Å²) in [5.41, 5.74) is 0.862. The van der Waals surface area contributed by atoms with Gasteiger partial charge in [0.1, 0.15) is 11.9 Å². The molecule has 1 heterocycles. The average molecular weight is 225 g/mol. The van der Waals surface area contributed by atoms with Crippen LogP contribution in [0.3, 0.4) is 0 Å². The van der Waals surface area contributed by atoms with Gasteiger partial charge in [0, 0.05) is 6.54 Å². The molecule has 1 aliphatic rings. The van der Waals surface area contributed by atoms with E-state index in [9.17, 15) is 4.39 Å². The standard InChI is InChI=1S/C12H16FNO2/c1-14-6-12(16-11-7-15-8-11)9-3-2-4-10(13)5-9/h2-5,11-12,14H,6-8H2,1H3. The Bertz CT molecular complexity index is 342. The minimum Gasteiger partial charge on any atom is -0.376 e. The van der Waals surface area contributed by atoms with E-state index in [1.54, 1.807) is 6.07 Å². The second-order valence-electron chi connectivity index (χ2n) is 3.90. The lowest BCUT2D eigenvalue weighted by atomic mass is 10.1. The smallest absolute Gasteiger partial charge is 0.123 e. The minimum atomic E-state index is -0.230. The lowest BCUT2D eigenvalue weighted by Gasteiger charge is -2.30. The zero-order valence-electron chi connectivity index (χ0n) is 9.28. The Kier molecular flexibility index (Phi) is 3.88. The molecule has 0 saturated carbocycles. The fourth-order valence-electron chi connectivity index (χ4n) is 1.66. The Morgan fingerprint density at radius 1 is 1.56 bits per heavy atom. The Labute approximate surface area is 94.6 Å². The number of rotatable bonds is 5. The molecular weight excluding hydrogens is 209 g/mol. The van der Waals surface area contributed by atoms with Gasteiger partial charge in [0.25, 0.3) is 0 Å². The van der Waals surface area contributed by atoms with E-state index in [2.05, 4.69) is 5.32 Å². The molecule has 0 aliphatic carbocycles. The van der Waals surface area contributed by atoms with Gasteiger partial charge in [0.15, 0.2) is 0 Å². The molecule has 88 valence electrons. The van der Waals surface area contributed by atoms with E-state index in [0.717, 1.165) is 5.56 Å². The molecule has 1 unspecified atom stereocenters. The van der Waals surface area contributed by atoms with E-state index in [-0.39, 0.29) is 18.0 Å². The zero-order chi connectivity index (χ0) is 11.4. The average Bonchev–Trinajstić information content (AvgIpc) is 2.21. The van der Waals surface area contributed by atoms with Gasteiger partial charge in [0.05, 0.1) is 19.3 Å². The van der Waals surface area contributed by atoms with Crippen molar-refractivity contribution in [2.45, 2.75) is 12.2 Å². The molecule has 16 heavy (non-hydrogen) atoms. The SMILES string of the molecule is CNCC(OC1COC1)c1cccc(F)c1. The summed E-state index contributed by atoms with van der Waals surface area (Å²) >= 11 is 0. The van der Waals surface area contributed by atoms with Crippen molar-refractivity contribution in [1.29, 1.82) is 0 Å². The lowest BCUT2D eigenvalue weighted by molar-refractivity contribution is -0.155. The molecule has 0 spiro atoms. The van der Waals surface area contributed by atoms with Crippen LogP contribution in [0.2, 0.25) is 0 Å². The first kappa shape index (κ1) is 11.5. The van der Waals surface area contributed by atoms with Gasteiger partial charge in [0.2, 0.25) is 0 Å². The van der Waals surface area contributed by atoms with Crippen LogP contribution in [0.15, 0.2) is 24.3 Å². The molecule has 3 nitrogen and oxygen atoms in total. The number of ether oxygens (including phenoxy) is 2. The highest BCUT2D eigenvalue weighted by Crippen LogP contribution is 2.21. The molecule has 2 rings (SSSR count). The van der Waals surface area contributed by atoms with Crippen LogP contribution < -0.4 is 5.32 Å². The molecular formula is C12H16FNO2. The predicted molar refractivity (Wildman–Crippen MR) is 58.8 cm³/mol. The molecule has 1 N–H and O–H groups in total. The largest absolute Gasteiger partial charge is 0.376 e. The highest BCUT2D eigenvalue weighted by molar-refractivity contribution is 5.19. The van der Waals surface area contributed by atoms with Crippen LogP contribution in [-0.2, 0) is 9.47 Å². The maximum atomic E-state index is 13.1. The van der Waals surface area contributed by atoms with Crippen molar-refractivity contribution in [3.8, 4) is 0 Å². The third-order valence-electron chi connectivity index (χ3n) is 2.57. The molecule has 1 fully saturated rings. The Morgan fingerprint density at radius 2 is 2.38 bits per heavy atom. The van der Waals surface area contributed by atoms with Gasteiger partial charge in [-0.3, -0.25) is 0 Å². The molecule has 1 atom stereocenters. The van der Waals surface area contributed by atoms with Crippen molar-refractivity contribution in [2.24, 2.45) is 0 Å². The number of hydrogen-bond donors (Lipinski definition) is 1. The van der Waals surface area contributed by atoms with E-state index < -0.39 is 0 Å². The van der Waals surface area contributed by atoms with E-state index in [0.29, 0.717) is 19.8 Å². The number of nitrogens with one attached hydrogen (secondary N) is 1. The fourth-order valence-corrected chi connectivity index (χ4v) is 1.66. The van der Waals surface area contributed by atoms with Crippen molar-refractivity contribution in [2.75, 3.05) is 26.8 Å². The monoisotopic (exact) mass is 225 g/mol. The first-order valence-corrected chi connectivity index (χ1v) is 5.43. The molecule has 0 aromatic heterocycles. The Morgan fingerprint density at radius 3 is 2.94 bits per heavy atom. The van der Waals surface area contributed by atoms with Crippen LogP contribution >= 0.6 is 0 Å². The summed E-state index contributed by atoms with van der Waals surface area (Å²) < 4.78 is 24.0. The van der Waals surface area contributed by atoms with Gasteiger partial charge >= 0.3 is 0 Å². The van der Waals surface area contributed by atoms with Crippen LogP contribution in [0.5, 0.6) is 0 Å². The molecule has 1 aromatic carbocycles. The first-order valence-electron chi connectivity index (χ1n) is 5.43. The Hall–Kier alpha value is -0.970. The van der Waals surface area contributed by atoms with Crippen molar-refractivity contribution in [1.82, 2.24) is 5.32 Å². The quantitative estimate of drug-likeness (QED) is 0.823. The third kappa shape index (κ3) is 2.78. The number of halogens is 1. The van der Waals surface area contributed by atoms with Gasteiger partial charge < -0.3 is 14.8 Å². The minimum absolute atomic E-state index is 0.116. The summed E-state index contributed by atoms with van der Waals surface area (Å²) in [6.07, 6.45) is 0.0243. The van der Waals surface area contributed by atoms with Gasteiger partial charge in [-0.2, -0.15) is 0 Å². The topological polar surface area (TPSA) is 30.5 Å². The zero-order valence-corrected chi connectivity index (χ0v) is 9.28. The van der Waals surface area contributed by atoms with E-state index in [4.69, 9.17) is 9.47 Å². The van der Waals surface area contributed by atoms with Crippen LogP contribution in [-0.4, -0.2) is 32.9 Å². The number of likely N-dealkylation sites (N-methyl/N-ethyl adjacent to an activating group) is 1. The van der Waals surface area contributed by atoms with Crippen molar-refractivity contribution in [3.05, 3.63) is 35.6 Å². The van der Waals surface area contributed by atoms with Gasteiger partial charge in [-0.15, -0.1) is 0 Å². The molecule has 0 radical (unpaired) electrons. The molecule has 1 saturated heterocycles. The molecule has 1 aromatic rings. The summed E-state index contributed by atoms with van der Waals surface area (Å²) in [7, 11) is 1.85. The summed E-state index contributed by atoms with van der Waals surface area (Å²) in [6, 6.07) is 6.53. The summed E-state index contributed by atoms with van der Waals surface area (Å²) in [5, 5.41) is 3.05. The maximum absolute atomic E-state index is 13.1. The van der Waals surface area contributed by atoms with Crippen molar-refractivity contribution < 1.29 is 13.9 Å². The molecule has 1 aliphatic heterocycles. The molecule has 0 bridgehead atoms. The normalized spacial score (nSPS) is 18.1. The predicted octanol–water partition coefficient (Wildman–Crippen LogP) is 1.50. The first-order chi connectivity index (χ1) is 7.79. The van der Waals surface area contributed by atoms with E-state index in [1.807, 2.05) is 13.1 Å². The van der Waals surface area contributed by atoms with Crippen molar-refractivity contribution in [3.63, 3.8) is 0 Å². The van der Waals surface area contributed by atoms with Crippen LogP contribution in [0, 0.1) is 5.82 Å². The summed E-state index contributed by atoms with van der Waals surface area (Å²) in [4.78, 5) is 0. The van der Waals surface area contributed by atoms with Crippen LogP contribution in [0.4, 0.5) is 4.39 Å². The highest BCUT2D eigenvalue weighted by Gasteiger charge is 2.24. The van der Waals surface area contributed by atoms with Gasteiger partial charge in [-0.25, -0.2) is 4.39 Å². The second kappa shape index (κ2) is 5.39. The summed E-state index contributed by atoms with van der Waals surface area (Å²) in [5.74, 6) is -0.230. The van der Waals surface area contributed by atoms with Gasteiger partial charge in [-0.1, -0.05) is 12.1 Å². The fraction of sp³-hybridized carbons (Fsp3) is 0.500. The number of benzene rings is 1. The molecule has 0 amide bonds. The maximum Gasteiger partial charge on any atom is 0.123 e. The van der Waals surface area contributed by atoms with Crippen molar-refractivity contribution >= 4 is 0 Å². The second-order valence-corrected chi connectivity index (χ2v) is 3.90. The summed E-state index contributed by atoms with van der Waals surface area (Å²) in [6.45, 7) is 1.94. The van der Waals surface area contributed by atoms with Crippen LogP contribution in [0.25, 0.3) is 0 Å². The van der Waals surface area contributed by atoms with E-state index >= 15 is 0 Å². The number of hydrogen-bond acceptors (Lipinski definition) is 3.